The van der Waals surface area contributed by atoms with Crippen LogP contribution in [-0.4, -0.2) is 34.0 Å². The fourth-order valence-corrected chi connectivity index (χ4v) is 1.83. The maximum absolute atomic E-state index is 11.3. The van der Waals surface area contributed by atoms with E-state index in [1.165, 1.54) is 18.5 Å². The van der Waals surface area contributed by atoms with E-state index in [1.807, 2.05) is 0 Å². The number of sulfone groups is 1. The van der Waals surface area contributed by atoms with Crippen LogP contribution in [0.4, 0.5) is 0 Å². The third-order valence-corrected chi connectivity index (χ3v) is 3.40. The summed E-state index contributed by atoms with van der Waals surface area (Å²) in [4.78, 5) is 0. The standard InChI is InChI=1S/C6H11N3O3S/c1-3-13(11,12)6-8-7-5(4-10)9(6)2/h10H,3-4H2,1-2H3. The highest BCUT2D eigenvalue weighted by molar-refractivity contribution is 7.91. The molecule has 0 saturated carbocycles. The van der Waals surface area contributed by atoms with E-state index < -0.39 is 9.84 Å². The first-order valence-electron chi connectivity index (χ1n) is 3.74. The van der Waals surface area contributed by atoms with Crippen molar-refractivity contribution in [2.45, 2.75) is 18.7 Å². The minimum Gasteiger partial charge on any atom is -0.388 e. The van der Waals surface area contributed by atoms with E-state index >= 15 is 0 Å². The molecule has 0 aliphatic rings. The maximum atomic E-state index is 11.3. The minimum absolute atomic E-state index is 0.0234. The Kier molecular flexibility index (Phi) is 2.67. The number of hydrogen-bond donors (Lipinski definition) is 1. The number of hydrogen-bond acceptors (Lipinski definition) is 5. The van der Waals surface area contributed by atoms with Crippen LogP contribution in [0.3, 0.4) is 0 Å². The molecule has 1 aromatic heterocycles. The molecule has 6 nitrogen and oxygen atoms in total. The highest BCUT2D eigenvalue weighted by Crippen LogP contribution is 2.08. The van der Waals surface area contributed by atoms with Gasteiger partial charge in [-0.15, -0.1) is 10.2 Å². The predicted molar refractivity (Wildman–Crippen MR) is 44.7 cm³/mol. The Hall–Kier alpha value is -0.950. The van der Waals surface area contributed by atoms with Crippen LogP contribution in [0.1, 0.15) is 12.7 Å². The third-order valence-electron chi connectivity index (χ3n) is 1.72. The Morgan fingerprint density at radius 3 is 2.46 bits per heavy atom. The van der Waals surface area contributed by atoms with E-state index in [2.05, 4.69) is 10.2 Å². The smallest absolute Gasteiger partial charge is 0.249 e. The Balaban J connectivity index is 3.25. The van der Waals surface area contributed by atoms with E-state index in [4.69, 9.17) is 5.11 Å². The molecule has 74 valence electrons. The third kappa shape index (κ3) is 1.70. The molecule has 0 radical (unpaired) electrons. The number of rotatable bonds is 3. The molecular formula is C6H11N3O3S. The summed E-state index contributed by atoms with van der Waals surface area (Å²) >= 11 is 0. The van der Waals surface area contributed by atoms with Gasteiger partial charge in [0, 0.05) is 7.05 Å². The number of aliphatic hydroxyl groups is 1. The normalized spacial score (nSPS) is 11.9. The molecule has 0 saturated heterocycles. The highest BCUT2D eigenvalue weighted by atomic mass is 32.2. The maximum Gasteiger partial charge on any atom is 0.249 e. The van der Waals surface area contributed by atoms with Crippen molar-refractivity contribution in [2.24, 2.45) is 7.05 Å². The molecule has 1 rings (SSSR count). The number of nitrogens with zero attached hydrogens (tertiary/aromatic N) is 3. The van der Waals surface area contributed by atoms with Crippen LogP contribution in [0.25, 0.3) is 0 Å². The molecule has 13 heavy (non-hydrogen) atoms. The molecule has 0 aromatic carbocycles. The van der Waals surface area contributed by atoms with Crippen molar-refractivity contribution in [3.05, 3.63) is 5.82 Å². The first kappa shape index (κ1) is 10.1. The van der Waals surface area contributed by atoms with Crippen LogP contribution >= 0.6 is 0 Å². The lowest BCUT2D eigenvalue weighted by molar-refractivity contribution is 0.266. The van der Waals surface area contributed by atoms with Gasteiger partial charge in [-0.2, -0.15) is 0 Å². The molecule has 0 atom stereocenters. The number of aromatic nitrogens is 3. The lowest BCUT2D eigenvalue weighted by Gasteiger charge is -2.00. The van der Waals surface area contributed by atoms with E-state index in [0.29, 0.717) is 0 Å². The van der Waals surface area contributed by atoms with Crippen LogP contribution in [0.5, 0.6) is 0 Å². The van der Waals surface area contributed by atoms with E-state index in [1.54, 1.807) is 0 Å². The van der Waals surface area contributed by atoms with Crippen molar-refractivity contribution in [1.82, 2.24) is 14.8 Å². The second-order valence-corrected chi connectivity index (χ2v) is 4.69. The van der Waals surface area contributed by atoms with Gasteiger partial charge < -0.3 is 9.67 Å². The van der Waals surface area contributed by atoms with Crippen LogP contribution in [0.15, 0.2) is 5.16 Å². The lowest BCUT2D eigenvalue weighted by Crippen LogP contribution is -2.11. The first-order chi connectivity index (χ1) is 6.03. The summed E-state index contributed by atoms with van der Waals surface area (Å²) in [5.74, 6) is 0.219. The van der Waals surface area contributed by atoms with Crippen LogP contribution < -0.4 is 0 Å². The van der Waals surface area contributed by atoms with E-state index in [0.717, 1.165) is 0 Å². The van der Waals surface area contributed by atoms with Gasteiger partial charge in [-0.25, -0.2) is 8.42 Å². The Labute approximate surface area is 76.1 Å². The van der Waals surface area contributed by atoms with E-state index in [-0.39, 0.29) is 23.3 Å². The summed E-state index contributed by atoms with van der Waals surface area (Å²) in [5.41, 5.74) is 0. The first-order valence-corrected chi connectivity index (χ1v) is 5.40. The van der Waals surface area contributed by atoms with Crippen LogP contribution in [0, 0.1) is 0 Å². The van der Waals surface area contributed by atoms with E-state index in [9.17, 15) is 8.42 Å². The molecule has 0 aliphatic heterocycles. The fraction of sp³-hybridized carbons (Fsp3) is 0.667. The van der Waals surface area contributed by atoms with Gasteiger partial charge in [0.25, 0.3) is 0 Å². The Morgan fingerprint density at radius 2 is 2.08 bits per heavy atom. The molecule has 0 fully saturated rings. The summed E-state index contributed by atoms with van der Waals surface area (Å²) in [7, 11) is -1.83. The molecular weight excluding hydrogens is 194 g/mol. The highest BCUT2D eigenvalue weighted by Gasteiger charge is 2.20. The van der Waals surface area contributed by atoms with Crippen molar-refractivity contribution in [3.63, 3.8) is 0 Å². The topological polar surface area (TPSA) is 85.1 Å². The molecule has 1 N–H and O–H groups in total. The van der Waals surface area contributed by atoms with Gasteiger partial charge in [-0.3, -0.25) is 0 Å². The zero-order valence-corrected chi connectivity index (χ0v) is 8.24. The van der Waals surface area contributed by atoms with Crippen molar-refractivity contribution in [2.75, 3.05) is 5.75 Å². The molecule has 1 heterocycles. The Bertz CT molecular complexity index is 395. The van der Waals surface area contributed by atoms with Crippen LogP contribution in [-0.2, 0) is 23.5 Å². The van der Waals surface area contributed by atoms with Gasteiger partial charge in [0.05, 0.1) is 5.75 Å². The number of aliphatic hydroxyl groups excluding tert-OH is 1. The van der Waals surface area contributed by atoms with Crippen LogP contribution in [0.2, 0.25) is 0 Å². The second-order valence-electron chi connectivity index (χ2n) is 2.52. The minimum atomic E-state index is -3.34. The molecule has 7 heteroatoms. The molecule has 0 unspecified atom stereocenters. The summed E-state index contributed by atoms with van der Waals surface area (Å²) < 4.78 is 24.0. The average Bonchev–Trinajstić information content (AvgIpc) is 2.47. The van der Waals surface area contributed by atoms with Gasteiger partial charge in [0.1, 0.15) is 6.61 Å². The summed E-state index contributed by atoms with van der Waals surface area (Å²) in [6.07, 6.45) is 0. The van der Waals surface area contributed by atoms with Gasteiger partial charge in [-0.1, -0.05) is 6.92 Å². The summed E-state index contributed by atoms with van der Waals surface area (Å²) in [5, 5.41) is 15.7. The average molecular weight is 205 g/mol. The second kappa shape index (κ2) is 3.43. The largest absolute Gasteiger partial charge is 0.388 e. The Morgan fingerprint density at radius 1 is 1.46 bits per heavy atom. The molecule has 0 spiro atoms. The van der Waals surface area contributed by atoms with Crippen molar-refractivity contribution >= 4 is 9.84 Å². The molecule has 0 bridgehead atoms. The fourth-order valence-electron chi connectivity index (χ4n) is 0.883. The predicted octanol–water partition coefficient (Wildman–Crippen LogP) is -0.899. The van der Waals surface area contributed by atoms with Gasteiger partial charge in [0.2, 0.25) is 15.0 Å². The molecule has 1 aromatic rings. The lowest BCUT2D eigenvalue weighted by atomic mass is 10.6. The molecule has 0 aliphatic carbocycles. The summed E-state index contributed by atoms with van der Waals surface area (Å²) in [6, 6.07) is 0. The van der Waals surface area contributed by atoms with Gasteiger partial charge >= 0.3 is 0 Å². The quantitative estimate of drug-likeness (QED) is 0.691. The van der Waals surface area contributed by atoms with Crippen molar-refractivity contribution in [3.8, 4) is 0 Å². The monoisotopic (exact) mass is 205 g/mol. The molecule has 0 amide bonds. The zero-order valence-electron chi connectivity index (χ0n) is 7.43. The van der Waals surface area contributed by atoms with Gasteiger partial charge in [0.15, 0.2) is 5.82 Å². The van der Waals surface area contributed by atoms with Crippen molar-refractivity contribution < 1.29 is 13.5 Å². The summed E-state index contributed by atoms with van der Waals surface area (Å²) in [6.45, 7) is 1.21. The SMILES string of the molecule is CCS(=O)(=O)c1nnc(CO)n1C. The zero-order chi connectivity index (χ0) is 10.1. The van der Waals surface area contributed by atoms with Gasteiger partial charge in [-0.05, 0) is 0 Å². The van der Waals surface area contributed by atoms with Crippen molar-refractivity contribution in [1.29, 1.82) is 0 Å².